The zero-order chi connectivity index (χ0) is 12.1. The van der Waals surface area contributed by atoms with E-state index in [1.165, 1.54) is 0 Å². The Morgan fingerprint density at radius 1 is 1.31 bits per heavy atom. The number of aliphatic hydroxyl groups excluding tert-OH is 1. The molecule has 0 amide bonds. The third-order valence-electron chi connectivity index (χ3n) is 3.64. The van der Waals surface area contributed by atoms with Crippen molar-refractivity contribution in [2.24, 2.45) is 10.8 Å². The Bertz CT molecular complexity index is 198. The SMILES string of the molecule is CC(C)(CCO)CNCC1(C)CCOCC1. The standard InChI is InChI=1S/C13H27NO2/c1-12(2,4-7-15)10-14-11-13(3)5-8-16-9-6-13/h14-15H,4-11H2,1-3H3. The van der Waals surface area contributed by atoms with Crippen LogP contribution in [-0.4, -0.2) is 38.0 Å². The molecule has 1 saturated heterocycles. The van der Waals surface area contributed by atoms with Gasteiger partial charge in [-0.05, 0) is 30.1 Å². The van der Waals surface area contributed by atoms with Gasteiger partial charge in [0.25, 0.3) is 0 Å². The number of aliphatic hydroxyl groups is 1. The summed E-state index contributed by atoms with van der Waals surface area (Å²) in [5.41, 5.74) is 0.587. The van der Waals surface area contributed by atoms with Crippen LogP contribution in [0.1, 0.15) is 40.0 Å². The van der Waals surface area contributed by atoms with E-state index in [4.69, 9.17) is 9.84 Å². The number of nitrogens with one attached hydrogen (secondary N) is 1. The van der Waals surface area contributed by atoms with Gasteiger partial charge in [-0.25, -0.2) is 0 Å². The molecule has 3 nitrogen and oxygen atoms in total. The molecule has 0 aliphatic carbocycles. The summed E-state index contributed by atoms with van der Waals surface area (Å²) in [6, 6.07) is 0. The lowest BCUT2D eigenvalue weighted by atomic mass is 9.82. The lowest BCUT2D eigenvalue weighted by Gasteiger charge is -2.35. The molecule has 0 spiro atoms. The van der Waals surface area contributed by atoms with Gasteiger partial charge in [0, 0.05) is 32.9 Å². The molecule has 0 radical (unpaired) electrons. The van der Waals surface area contributed by atoms with Crippen LogP contribution in [0.15, 0.2) is 0 Å². The van der Waals surface area contributed by atoms with Crippen molar-refractivity contribution in [1.29, 1.82) is 0 Å². The summed E-state index contributed by atoms with van der Waals surface area (Å²) in [7, 11) is 0. The summed E-state index contributed by atoms with van der Waals surface area (Å²) >= 11 is 0. The van der Waals surface area contributed by atoms with Gasteiger partial charge in [-0.15, -0.1) is 0 Å². The van der Waals surface area contributed by atoms with E-state index in [1.807, 2.05) is 0 Å². The lowest BCUT2D eigenvalue weighted by Crippen LogP contribution is -2.40. The van der Waals surface area contributed by atoms with Gasteiger partial charge in [0.2, 0.25) is 0 Å². The fourth-order valence-corrected chi connectivity index (χ4v) is 2.13. The molecule has 1 heterocycles. The lowest BCUT2D eigenvalue weighted by molar-refractivity contribution is 0.0229. The van der Waals surface area contributed by atoms with Gasteiger partial charge in [-0.1, -0.05) is 20.8 Å². The van der Waals surface area contributed by atoms with Gasteiger partial charge in [0.15, 0.2) is 0 Å². The third-order valence-corrected chi connectivity index (χ3v) is 3.64. The molecule has 0 saturated carbocycles. The summed E-state index contributed by atoms with van der Waals surface area (Å²) in [6.07, 6.45) is 3.17. The van der Waals surface area contributed by atoms with Crippen molar-refractivity contribution >= 4 is 0 Å². The van der Waals surface area contributed by atoms with E-state index >= 15 is 0 Å². The van der Waals surface area contributed by atoms with Crippen LogP contribution in [0.2, 0.25) is 0 Å². The van der Waals surface area contributed by atoms with E-state index in [9.17, 15) is 0 Å². The molecule has 1 aliphatic rings. The van der Waals surface area contributed by atoms with E-state index < -0.39 is 0 Å². The molecule has 1 rings (SSSR count). The predicted octanol–water partition coefficient (Wildman–Crippen LogP) is 1.80. The highest BCUT2D eigenvalue weighted by Crippen LogP contribution is 2.29. The smallest absolute Gasteiger partial charge is 0.0471 e. The molecular formula is C13H27NO2. The monoisotopic (exact) mass is 229 g/mol. The number of hydrogen-bond donors (Lipinski definition) is 2. The first-order chi connectivity index (χ1) is 7.47. The van der Waals surface area contributed by atoms with Crippen molar-refractivity contribution in [2.45, 2.75) is 40.0 Å². The van der Waals surface area contributed by atoms with Crippen LogP contribution in [0, 0.1) is 10.8 Å². The summed E-state index contributed by atoms with van der Waals surface area (Å²) in [4.78, 5) is 0. The van der Waals surface area contributed by atoms with Crippen molar-refractivity contribution in [2.75, 3.05) is 32.9 Å². The highest BCUT2D eigenvalue weighted by Gasteiger charge is 2.27. The number of hydrogen-bond acceptors (Lipinski definition) is 3. The van der Waals surface area contributed by atoms with Crippen LogP contribution in [0.5, 0.6) is 0 Å². The Kier molecular flexibility index (Phi) is 5.22. The van der Waals surface area contributed by atoms with Crippen LogP contribution in [-0.2, 0) is 4.74 Å². The van der Waals surface area contributed by atoms with Crippen molar-refractivity contribution in [3.8, 4) is 0 Å². The Morgan fingerprint density at radius 3 is 2.50 bits per heavy atom. The van der Waals surface area contributed by atoms with E-state index in [2.05, 4.69) is 26.1 Å². The van der Waals surface area contributed by atoms with E-state index in [0.717, 1.165) is 45.6 Å². The van der Waals surface area contributed by atoms with Gasteiger partial charge >= 0.3 is 0 Å². The van der Waals surface area contributed by atoms with Crippen LogP contribution >= 0.6 is 0 Å². The van der Waals surface area contributed by atoms with Crippen LogP contribution in [0.3, 0.4) is 0 Å². The second-order valence-corrected chi connectivity index (χ2v) is 6.16. The zero-order valence-electron chi connectivity index (χ0n) is 11.0. The molecule has 0 unspecified atom stereocenters. The molecule has 96 valence electrons. The van der Waals surface area contributed by atoms with E-state index in [-0.39, 0.29) is 12.0 Å². The third kappa shape index (κ3) is 4.81. The summed E-state index contributed by atoms with van der Waals surface area (Å²) in [6.45, 7) is 10.8. The minimum atomic E-state index is 0.191. The number of ether oxygens (including phenoxy) is 1. The summed E-state index contributed by atoms with van der Waals surface area (Å²) in [5.74, 6) is 0. The van der Waals surface area contributed by atoms with Crippen LogP contribution < -0.4 is 5.32 Å². The average molecular weight is 229 g/mol. The summed E-state index contributed by atoms with van der Waals surface area (Å²) < 4.78 is 5.39. The fraction of sp³-hybridized carbons (Fsp3) is 1.00. The molecule has 3 heteroatoms. The molecular weight excluding hydrogens is 202 g/mol. The van der Waals surface area contributed by atoms with Crippen LogP contribution in [0.25, 0.3) is 0 Å². The van der Waals surface area contributed by atoms with Crippen molar-refractivity contribution < 1.29 is 9.84 Å². The maximum absolute atomic E-state index is 8.96. The maximum atomic E-state index is 8.96. The Labute approximate surface area is 99.6 Å². The minimum absolute atomic E-state index is 0.191. The van der Waals surface area contributed by atoms with Gasteiger partial charge in [-0.3, -0.25) is 0 Å². The molecule has 1 aliphatic heterocycles. The maximum Gasteiger partial charge on any atom is 0.0471 e. The normalized spacial score (nSPS) is 21.0. The second kappa shape index (κ2) is 5.99. The second-order valence-electron chi connectivity index (χ2n) is 6.16. The summed E-state index contributed by atoms with van der Waals surface area (Å²) in [5, 5.41) is 12.5. The Balaban J connectivity index is 2.23. The highest BCUT2D eigenvalue weighted by atomic mass is 16.5. The minimum Gasteiger partial charge on any atom is -0.396 e. The van der Waals surface area contributed by atoms with Gasteiger partial charge in [0.05, 0.1) is 0 Å². The van der Waals surface area contributed by atoms with Crippen molar-refractivity contribution in [1.82, 2.24) is 5.32 Å². The molecule has 0 aromatic rings. The molecule has 0 aromatic heterocycles. The molecule has 0 atom stereocenters. The van der Waals surface area contributed by atoms with Crippen LogP contribution in [0.4, 0.5) is 0 Å². The van der Waals surface area contributed by atoms with E-state index in [1.54, 1.807) is 0 Å². The van der Waals surface area contributed by atoms with Crippen molar-refractivity contribution in [3.63, 3.8) is 0 Å². The molecule has 16 heavy (non-hydrogen) atoms. The first-order valence-electron chi connectivity index (χ1n) is 6.37. The molecule has 0 aromatic carbocycles. The van der Waals surface area contributed by atoms with Crippen molar-refractivity contribution in [3.05, 3.63) is 0 Å². The predicted molar refractivity (Wildman–Crippen MR) is 66.5 cm³/mol. The first kappa shape index (κ1) is 13.9. The highest BCUT2D eigenvalue weighted by molar-refractivity contribution is 4.81. The first-order valence-corrected chi connectivity index (χ1v) is 6.37. The number of rotatable bonds is 6. The van der Waals surface area contributed by atoms with Gasteiger partial charge in [-0.2, -0.15) is 0 Å². The Morgan fingerprint density at radius 2 is 1.94 bits per heavy atom. The van der Waals surface area contributed by atoms with E-state index in [0.29, 0.717) is 5.41 Å². The largest absolute Gasteiger partial charge is 0.396 e. The molecule has 1 fully saturated rings. The fourth-order valence-electron chi connectivity index (χ4n) is 2.13. The molecule has 2 N–H and O–H groups in total. The Hall–Kier alpha value is -0.120. The molecule has 0 bridgehead atoms. The quantitative estimate of drug-likeness (QED) is 0.730. The van der Waals surface area contributed by atoms with Gasteiger partial charge < -0.3 is 15.2 Å². The topological polar surface area (TPSA) is 41.5 Å². The zero-order valence-corrected chi connectivity index (χ0v) is 11.0. The van der Waals surface area contributed by atoms with Gasteiger partial charge in [0.1, 0.15) is 0 Å². The average Bonchev–Trinajstić information content (AvgIpc) is 2.17.